The molecule has 0 bridgehead atoms. The lowest BCUT2D eigenvalue weighted by atomic mass is 10.1. The number of rotatable bonds is 4. The molecule has 3 heteroatoms. The molecule has 1 aliphatic heterocycles. The Morgan fingerprint density at radius 2 is 2.11 bits per heavy atom. The number of nitrogens with one attached hydrogen (secondary N) is 1. The maximum atomic E-state index is 11.5. The van der Waals surface area contributed by atoms with E-state index in [2.05, 4.69) is 36.2 Å². The number of fused-ring (bicyclic) bond motifs is 1. The van der Waals surface area contributed by atoms with E-state index in [1.54, 1.807) is 6.08 Å². The Bertz CT molecular complexity index is 492. The van der Waals surface area contributed by atoms with Gasteiger partial charge in [-0.25, -0.2) is 0 Å². The zero-order valence-electron chi connectivity index (χ0n) is 11.9. The molecule has 0 radical (unpaired) electrons. The fraction of sp³-hybridized carbons (Fsp3) is 0.438. The minimum atomic E-state index is -0.0699. The second-order valence-electron chi connectivity index (χ2n) is 5.54. The molecule has 0 fully saturated rings. The number of allylic oxidation sites excluding steroid dienone is 1. The molecular formula is C16H22N2O. The molecule has 2 rings (SSSR count). The SMILES string of the molecule is C/C=C/C(=O)Nc1ccc2c(c1)CN(CC(C)C)C2. The fourth-order valence-corrected chi connectivity index (χ4v) is 2.52. The second kappa shape index (κ2) is 6.02. The number of hydrogen-bond donors (Lipinski definition) is 1. The van der Waals surface area contributed by atoms with E-state index in [-0.39, 0.29) is 5.91 Å². The minimum Gasteiger partial charge on any atom is -0.323 e. The summed E-state index contributed by atoms with van der Waals surface area (Å²) in [7, 11) is 0. The van der Waals surface area contributed by atoms with Crippen molar-refractivity contribution in [2.75, 3.05) is 11.9 Å². The molecule has 1 aromatic rings. The number of anilines is 1. The van der Waals surface area contributed by atoms with Gasteiger partial charge in [0.15, 0.2) is 0 Å². The van der Waals surface area contributed by atoms with Crippen molar-refractivity contribution in [3.05, 3.63) is 41.5 Å². The highest BCUT2D eigenvalue weighted by Crippen LogP contribution is 2.26. The Morgan fingerprint density at radius 1 is 1.37 bits per heavy atom. The van der Waals surface area contributed by atoms with Crippen LogP contribution in [0.1, 0.15) is 31.9 Å². The number of amides is 1. The third kappa shape index (κ3) is 3.67. The van der Waals surface area contributed by atoms with E-state index in [4.69, 9.17) is 0 Å². The van der Waals surface area contributed by atoms with Gasteiger partial charge in [-0.1, -0.05) is 26.0 Å². The van der Waals surface area contributed by atoms with Crippen LogP contribution in [0, 0.1) is 5.92 Å². The number of hydrogen-bond acceptors (Lipinski definition) is 2. The van der Waals surface area contributed by atoms with E-state index in [0.717, 1.165) is 25.3 Å². The van der Waals surface area contributed by atoms with Crippen LogP contribution in [0.2, 0.25) is 0 Å². The number of carbonyl (C=O) groups is 1. The predicted octanol–water partition coefficient (Wildman–Crippen LogP) is 3.17. The van der Waals surface area contributed by atoms with Gasteiger partial charge in [-0.15, -0.1) is 0 Å². The summed E-state index contributed by atoms with van der Waals surface area (Å²) in [5, 5.41) is 2.88. The van der Waals surface area contributed by atoms with E-state index < -0.39 is 0 Å². The molecule has 1 heterocycles. The lowest BCUT2D eigenvalue weighted by Gasteiger charge is -2.16. The molecule has 1 amide bonds. The van der Waals surface area contributed by atoms with Gasteiger partial charge in [0.05, 0.1) is 0 Å². The van der Waals surface area contributed by atoms with Gasteiger partial charge < -0.3 is 5.32 Å². The highest BCUT2D eigenvalue weighted by atomic mass is 16.1. The standard InChI is InChI=1S/C16H22N2O/c1-4-5-16(19)17-15-7-6-13-10-18(9-12(2)3)11-14(13)8-15/h4-8,12H,9-11H2,1-3H3,(H,17,19)/b5-4+. The van der Waals surface area contributed by atoms with E-state index in [1.807, 2.05) is 13.0 Å². The van der Waals surface area contributed by atoms with Crippen molar-refractivity contribution in [3.8, 4) is 0 Å². The summed E-state index contributed by atoms with van der Waals surface area (Å²) in [5.41, 5.74) is 3.59. The van der Waals surface area contributed by atoms with Crippen LogP contribution >= 0.6 is 0 Å². The first-order chi connectivity index (χ1) is 9.08. The Kier molecular flexibility index (Phi) is 4.38. The Labute approximate surface area is 115 Å². The number of carbonyl (C=O) groups excluding carboxylic acids is 1. The number of benzene rings is 1. The van der Waals surface area contributed by atoms with Crippen molar-refractivity contribution in [2.45, 2.75) is 33.9 Å². The molecule has 0 saturated heterocycles. The monoisotopic (exact) mass is 258 g/mol. The van der Waals surface area contributed by atoms with Gasteiger partial charge in [-0.05, 0) is 42.2 Å². The predicted molar refractivity (Wildman–Crippen MR) is 78.8 cm³/mol. The molecule has 3 nitrogen and oxygen atoms in total. The van der Waals surface area contributed by atoms with Crippen molar-refractivity contribution in [1.82, 2.24) is 4.90 Å². The van der Waals surface area contributed by atoms with Crippen LogP contribution in [0.3, 0.4) is 0 Å². The highest BCUT2D eigenvalue weighted by molar-refractivity contribution is 5.99. The summed E-state index contributed by atoms with van der Waals surface area (Å²) in [4.78, 5) is 14.0. The van der Waals surface area contributed by atoms with Crippen LogP contribution in [0.5, 0.6) is 0 Å². The largest absolute Gasteiger partial charge is 0.323 e. The van der Waals surface area contributed by atoms with Crippen LogP contribution in [0.15, 0.2) is 30.4 Å². The van der Waals surface area contributed by atoms with Crippen LogP contribution in [-0.2, 0) is 17.9 Å². The molecule has 19 heavy (non-hydrogen) atoms. The molecule has 0 saturated carbocycles. The van der Waals surface area contributed by atoms with Crippen molar-refractivity contribution in [1.29, 1.82) is 0 Å². The van der Waals surface area contributed by atoms with E-state index in [0.29, 0.717) is 5.92 Å². The average Bonchev–Trinajstić information content (AvgIpc) is 2.69. The van der Waals surface area contributed by atoms with Gasteiger partial charge in [0.25, 0.3) is 0 Å². The van der Waals surface area contributed by atoms with Crippen molar-refractivity contribution < 1.29 is 4.79 Å². The minimum absolute atomic E-state index is 0.0699. The zero-order valence-corrected chi connectivity index (χ0v) is 11.9. The zero-order chi connectivity index (χ0) is 13.8. The quantitative estimate of drug-likeness (QED) is 0.841. The molecule has 0 aromatic heterocycles. The van der Waals surface area contributed by atoms with Gasteiger partial charge in [0.1, 0.15) is 0 Å². The lowest BCUT2D eigenvalue weighted by Crippen LogP contribution is -2.21. The first-order valence-electron chi connectivity index (χ1n) is 6.86. The summed E-state index contributed by atoms with van der Waals surface area (Å²) >= 11 is 0. The maximum absolute atomic E-state index is 11.5. The topological polar surface area (TPSA) is 32.3 Å². The number of nitrogens with zero attached hydrogens (tertiary/aromatic N) is 1. The van der Waals surface area contributed by atoms with Gasteiger partial charge in [0.2, 0.25) is 5.91 Å². The second-order valence-corrected chi connectivity index (χ2v) is 5.54. The third-order valence-corrected chi connectivity index (χ3v) is 3.20. The molecule has 1 aromatic carbocycles. The van der Waals surface area contributed by atoms with Crippen molar-refractivity contribution in [3.63, 3.8) is 0 Å². The molecule has 0 atom stereocenters. The smallest absolute Gasteiger partial charge is 0.248 e. The molecule has 0 spiro atoms. The Hall–Kier alpha value is -1.61. The van der Waals surface area contributed by atoms with E-state index in [9.17, 15) is 4.79 Å². The van der Waals surface area contributed by atoms with E-state index >= 15 is 0 Å². The van der Waals surface area contributed by atoms with Crippen LogP contribution < -0.4 is 5.32 Å². The lowest BCUT2D eigenvalue weighted by molar-refractivity contribution is -0.111. The summed E-state index contributed by atoms with van der Waals surface area (Å²) in [6, 6.07) is 6.21. The maximum Gasteiger partial charge on any atom is 0.248 e. The van der Waals surface area contributed by atoms with E-state index in [1.165, 1.54) is 17.2 Å². The third-order valence-electron chi connectivity index (χ3n) is 3.20. The molecule has 0 aliphatic carbocycles. The summed E-state index contributed by atoms with van der Waals surface area (Å²) < 4.78 is 0. The average molecular weight is 258 g/mol. The summed E-state index contributed by atoms with van der Waals surface area (Å²) in [6.07, 6.45) is 3.28. The van der Waals surface area contributed by atoms with Gasteiger partial charge in [-0.3, -0.25) is 9.69 Å². The van der Waals surface area contributed by atoms with Gasteiger partial charge >= 0.3 is 0 Å². The molecule has 1 aliphatic rings. The summed E-state index contributed by atoms with van der Waals surface area (Å²) in [5.74, 6) is 0.614. The first kappa shape index (κ1) is 13.8. The van der Waals surface area contributed by atoms with Crippen LogP contribution in [-0.4, -0.2) is 17.4 Å². The van der Waals surface area contributed by atoms with Gasteiger partial charge in [0, 0.05) is 25.3 Å². The Morgan fingerprint density at radius 3 is 2.79 bits per heavy atom. The summed E-state index contributed by atoms with van der Waals surface area (Å²) in [6.45, 7) is 9.45. The van der Waals surface area contributed by atoms with Gasteiger partial charge in [-0.2, -0.15) is 0 Å². The Balaban J connectivity index is 2.04. The van der Waals surface area contributed by atoms with Crippen molar-refractivity contribution in [2.24, 2.45) is 5.92 Å². The highest BCUT2D eigenvalue weighted by Gasteiger charge is 2.19. The fourth-order valence-electron chi connectivity index (χ4n) is 2.52. The first-order valence-corrected chi connectivity index (χ1v) is 6.86. The molecule has 102 valence electrons. The molecule has 0 unspecified atom stereocenters. The normalized spacial score (nSPS) is 15.2. The van der Waals surface area contributed by atoms with Crippen LogP contribution in [0.4, 0.5) is 5.69 Å². The van der Waals surface area contributed by atoms with Crippen LogP contribution in [0.25, 0.3) is 0 Å². The molecular weight excluding hydrogens is 236 g/mol. The van der Waals surface area contributed by atoms with Crippen molar-refractivity contribution >= 4 is 11.6 Å². The molecule has 1 N–H and O–H groups in total.